The summed E-state index contributed by atoms with van der Waals surface area (Å²) in [5.41, 5.74) is 1.64. The van der Waals surface area contributed by atoms with E-state index in [1.807, 2.05) is 60.7 Å². The number of carboxylic acid groups (broad SMARTS) is 1. The lowest BCUT2D eigenvalue weighted by Crippen LogP contribution is -2.43. The summed E-state index contributed by atoms with van der Waals surface area (Å²) in [5.74, 6) is -1.96. The minimum atomic E-state index is -1.07. The first-order valence-corrected chi connectivity index (χ1v) is 7.37. The van der Waals surface area contributed by atoms with Crippen LogP contribution in [0.1, 0.15) is 23.5 Å². The standard InChI is InChI=1S/C19H19NO3/c1-2-9-16(19(22)23)20-18(21)17(14-10-5-3-6-11-14)15-12-7-4-8-13-15/h2-8,10-13,16-17H,1,9H2,(H,20,21)(H,22,23)/t16-/m0/s1. The van der Waals surface area contributed by atoms with Crippen LogP contribution in [-0.2, 0) is 9.59 Å². The second-order valence-electron chi connectivity index (χ2n) is 5.18. The van der Waals surface area contributed by atoms with Gasteiger partial charge in [0.05, 0.1) is 5.92 Å². The van der Waals surface area contributed by atoms with Crippen molar-refractivity contribution in [3.8, 4) is 0 Å². The molecule has 0 aromatic heterocycles. The Hall–Kier alpha value is -2.88. The Balaban J connectivity index is 2.32. The third-order valence-electron chi connectivity index (χ3n) is 3.54. The van der Waals surface area contributed by atoms with E-state index in [4.69, 9.17) is 0 Å². The molecule has 0 unspecified atom stereocenters. The number of carboxylic acids is 1. The Kier molecular flexibility index (Phi) is 5.69. The molecule has 2 N–H and O–H groups in total. The maximum Gasteiger partial charge on any atom is 0.326 e. The zero-order chi connectivity index (χ0) is 16.7. The molecule has 0 saturated carbocycles. The van der Waals surface area contributed by atoms with Crippen LogP contribution in [0.25, 0.3) is 0 Å². The third-order valence-corrected chi connectivity index (χ3v) is 3.54. The van der Waals surface area contributed by atoms with E-state index in [-0.39, 0.29) is 12.3 Å². The highest BCUT2D eigenvalue weighted by Crippen LogP contribution is 2.25. The van der Waals surface area contributed by atoms with Gasteiger partial charge in [0.2, 0.25) is 5.91 Å². The number of amides is 1. The van der Waals surface area contributed by atoms with Gasteiger partial charge in [-0.15, -0.1) is 6.58 Å². The fourth-order valence-corrected chi connectivity index (χ4v) is 2.43. The molecule has 0 fully saturated rings. The van der Waals surface area contributed by atoms with E-state index in [0.717, 1.165) is 11.1 Å². The van der Waals surface area contributed by atoms with Crippen molar-refractivity contribution < 1.29 is 14.7 Å². The molecule has 2 rings (SSSR count). The van der Waals surface area contributed by atoms with E-state index in [2.05, 4.69) is 11.9 Å². The van der Waals surface area contributed by atoms with Gasteiger partial charge in [-0.2, -0.15) is 0 Å². The van der Waals surface area contributed by atoms with Crippen molar-refractivity contribution in [1.82, 2.24) is 5.32 Å². The molecule has 118 valence electrons. The van der Waals surface area contributed by atoms with E-state index in [1.54, 1.807) is 0 Å². The Bertz CT molecular complexity index is 628. The second-order valence-corrected chi connectivity index (χ2v) is 5.18. The highest BCUT2D eigenvalue weighted by molar-refractivity contribution is 5.90. The zero-order valence-electron chi connectivity index (χ0n) is 12.7. The van der Waals surface area contributed by atoms with Crippen LogP contribution in [0, 0.1) is 0 Å². The van der Waals surface area contributed by atoms with Gasteiger partial charge in [0.25, 0.3) is 0 Å². The molecule has 0 heterocycles. The molecule has 2 aromatic carbocycles. The monoisotopic (exact) mass is 309 g/mol. The summed E-state index contributed by atoms with van der Waals surface area (Å²) in [6.45, 7) is 3.54. The predicted octanol–water partition coefficient (Wildman–Crippen LogP) is 2.96. The van der Waals surface area contributed by atoms with E-state index in [9.17, 15) is 14.7 Å². The molecule has 0 spiro atoms. The Labute approximate surface area is 135 Å². The lowest BCUT2D eigenvalue weighted by Gasteiger charge is -2.20. The summed E-state index contributed by atoms with van der Waals surface area (Å²) in [4.78, 5) is 24.0. The SMILES string of the molecule is C=CC[C@H](NC(=O)C(c1ccccc1)c1ccccc1)C(=O)O. The maximum absolute atomic E-state index is 12.7. The van der Waals surface area contributed by atoms with Crippen molar-refractivity contribution in [2.75, 3.05) is 0 Å². The fourth-order valence-electron chi connectivity index (χ4n) is 2.43. The van der Waals surface area contributed by atoms with Gasteiger partial charge in [0, 0.05) is 0 Å². The normalized spacial score (nSPS) is 11.7. The van der Waals surface area contributed by atoms with Crippen molar-refractivity contribution in [3.63, 3.8) is 0 Å². The van der Waals surface area contributed by atoms with Gasteiger partial charge >= 0.3 is 5.97 Å². The largest absolute Gasteiger partial charge is 0.480 e. The minimum absolute atomic E-state index is 0.178. The summed E-state index contributed by atoms with van der Waals surface area (Å²) in [6.07, 6.45) is 1.66. The molecular weight excluding hydrogens is 290 g/mol. The van der Waals surface area contributed by atoms with E-state index in [1.165, 1.54) is 6.08 Å². The summed E-state index contributed by atoms with van der Waals surface area (Å²) in [5, 5.41) is 11.8. The quantitative estimate of drug-likeness (QED) is 0.773. The Morgan fingerprint density at radius 2 is 1.48 bits per heavy atom. The summed E-state index contributed by atoms with van der Waals surface area (Å²) in [7, 11) is 0. The molecule has 2 aromatic rings. The number of benzene rings is 2. The van der Waals surface area contributed by atoms with Crippen LogP contribution in [0.3, 0.4) is 0 Å². The van der Waals surface area contributed by atoms with Gasteiger partial charge in [0.15, 0.2) is 0 Å². The Morgan fingerprint density at radius 1 is 1.00 bits per heavy atom. The number of aliphatic carboxylic acids is 1. The van der Waals surface area contributed by atoms with Crippen LogP contribution in [-0.4, -0.2) is 23.0 Å². The zero-order valence-corrected chi connectivity index (χ0v) is 12.7. The third kappa shape index (κ3) is 4.30. The van der Waals surface area contributed by atoms with Gasteiger partial charge < -0.3 is 10.4 Å². The summed E-state index contributed by atoms with van der Waals surface area (Å²) >= 11 is 0. The van der Waals surface area contributed by atoms with Crippen LogP contribution in [0.15, 0.2) is 73.3 Å². The number of carbonyl (C=O) groups excluding carboxylic acids is 1. The average molecular weight is 309 g/mol. The average Bonchev–Trinajstić information content (AvgIpc) is 2.56. The van der Waals surface area contributed by atoms with Crippen LogP contribution < -0.4 is 5.32 Å². The van der Waals surface area contributed by atoms with Crippen LogP contribution in [0.5, 0.6) is 0 Å². The topological polar surface area (TPSA) is 66.4 Å². The van der Waals surface area contributed by atoms with Crippen molar-refractivity contribution in [1.29, 1.82) is 0 Å². The van der Waals surface area contributed by atoms with E-state index in [0.29, 0.717) is 0 Å². The lowest BCUT2D eigenvalue weighted by molar-refractivity contribution is -0.141. The van der Waals surface area contributed by atoms with Crippen LogP contribution in [0.2, 0.25) is 0 Å². The van der Waals surface area contributed by atoms with Gasteiger partial charge in [-0.3, -0.25) is 4.79 Å². The number of hydrogen-bond acceptors (Lipinski definition) is 2. The molecule has 0 saturated heterocycles. The summed E-state index contributed by atoms with van der Waals surface area (Å²) < 4.78 is 0. The predicted molar refractivity (Wildman–Crippen MR) is 89.1 cm³/mol. The van der Waals surface area contributed by atoms with Gasteiger partial charge in [-0.05, 0) is 17.5 Å². The highest BCUT2D eigenvalue weighted by Gasteiger charge is 2.26. The number of nitrogens with one attached hydrogen (secondary N) is 1. The van der Waals surface area contributed by atoms with Crippen molar-refractivity contribution >= 4 is 11.9 Å². The fraction of sp³-hybridized carbons (Fsp3) is 0.158. The first-order valence-electron chi connectivity index (χ1n) is 7.37. The van der Waals surface area contributed by atoms with Gasteiger partial charge in [-0.1, -0.05) is 66.7 Å². The molecule has 1 amide bonds. The maximum atomic E-state index is 12.7. The number of carbonyl (C=O) groups is 2. The first-order chi connectivity index (χ1) is 11.1. The van der Waals surface area contributed by atoms with Gasteiger partial charge in [-0.25, -0.2) is 4.79 Å². The molecule has 0 aliphatic carbocycles. The van der Waals surface area contributed by atoms with E-state index < -0.39 is 17.9 Å². The Morgan fingerprint density at radius 3 is 1.87 bits per heavy atom. The van der Waals surface area contributed by atoms with Crippen molar-refractivity contribution in [2.45, 2.75) is 18.4 Å². The first kappa shape index (κ1) is 16.5. The molecule has 1 atom stereocenters. The van der Waals surface area contributed by atoms with Gasteiger partial charge in [0.1, 0.15) is 6.04 Å². The molecule has 0 bridgehead atoms. The molecule has 0 radical (unpaired) electrons. The van der Waals surface area contributed by atoms with Crippen LogP contribution in [0.4, 0.5) is 0 Å². The molecule has 0 aliphatic rings. The number of hydrogen-bond donors (Lipinski definition) is 2. The molecule has 0 aliphatic heterocycles. The van der Waals surface area contributed by atoms with E-state index >= 15 is 0 Å². The smallest absolute Gasteiger partial charge is 0.326 e. The molecule has 4 heteroatoms. The van der Waals surface area contributed by atoms with Crippen molar-refractivity contribution in [3.05, 3.63) is 84.4 Å². The van der Waals surface area contributed by atoms with Crippen molar-refractivity contribution in [2.24, 2.45) is 0 Å². The summed E-state index contributed by atoms with van der Waals surface area (Å²) in [6, 6.07) is 17.7. The molecule has 4 nitrogen and oxygen atoms in total. The highest BCUT2D eigenvalue weighted by atomic mass is 16.4. The second kappa shape index (κ2) is 7.94. The molecule has 23 heavy (non-hydrogen) atoms. The minimum Gasteiger partial charge on any atom is -0.480 e. The van der Waals surface area contributed by atoms with Crippen LogP contribution >= 0.6 is 0 Å². The lowest BCUT2D eigenvalue weighted by atomic mass is 9.90. The number of rotatable bonds is 7. The molecular formula is C19H19NO3.